The number of aliphatic imine (C=N–C) groups is 1. The average molecular weight is 336 g/mol. The Kier molecular flexibility index (Phi) is 11.5. The molecule has 0 saturated heterocycles. The fourth-order valence-electron chi connectivity index (χ4n) is 2.12. The molecule has 0 radical (unpaired) electrons. The van der Waals surface area contributed by atoms with E-state index in [-0.39, 0.29) is 0 Å². The highest BCUT2D eigenvalue weighted by atomic mass is 16.5. The molecule has 0 aromatic heterocycles. The maximum Gasteiger partial charge on any atom is 0.190 e. The largest absolute Gasteiger partial charge is 0.494 e. The van der Waals surface area contributed by atoms with E-state index >= 15 is 0 Å². The summed E-state index contributed by atoms with van der Waals surface area (Å²) in [6, 6.07) is 9.88. The summed E-state index contributed by atoms with van der Waals surface area (Å²) in [7, 11) is 5.63. The molecule has 0 unspecified atom stereocenters. The number of guanidine groups is 1. The summed E-state index contributed by atoms with van der Waals surface area (Å²) in [6.07, 6.45) is 1.99. The summed E-state index contributed by atoms with van der Waals surface area (Å²) < 4.78 is 10.7. The van der Waals surface area contributed by atoms with Crippen LogP contribution in [0.25, 0.3) is 0 Å². The molecule has 1 aromatic carbocycles. The number of likely N-dealkylation sites (N-methyl/N-ethyl adjacent to an activating group) is 1. The molecule has 0 bridgehead atoms. The van der Waals surface area contributed by atoms with Crippen LogP contribution in [0, 0.1) is 0 Å². The zero-order chi connectivity index (χ0) is 17.5. The van der Waals surface area contributed by atoms with Gasteiger partial charge < -0.3 is 25.0 Å². The third-order valence-electron chi connectivity index (χ3n) is 3.54. The zero-order valence-electron chi connectivity index (χ0n) is 15.3. The number of benzene rings is 1. The fraction of sp³-hybridized carbons (Fsp3) is 0.611. The molecule has 0 aliphatic carbocycles. The van der Waals surface area contributed by atoms with E-state index in [0.717, 1.165) is 57.3 Å². The molecule has 136 valence electrons. The standard InChI is InChI=1S/C18H32N4O2/c1-19-18(20-11-7-13-22(2)14-16-23-3)21-12-8-15-24-17-9-5-4-6-10-17/h4-6,9-10H,7-8,11-16H2,1-3H3,(H2,19,20,21). The summed E-state index contributed by atoms with van der Waals surface area (Å²) >= 11 is 0. The van der Waals surface area contributed by atoms with Crippen molar-refractivity contribution in [2.45, 2.75) is 12.8 Å². The van der Waals surface area contributed by atoms with E-state index in [1.807, 2.05) is 30.3 Å². The van der Waals surface area contributed by atoms with Gasteiger partial charge in [-0.3, -0.25) is 4.99 Å². The molecule has 1 aromatic rings. The van der Waals surface area contributed by atoms with Crippen molar-refractivity contribution in [1.82, 2.24) is 15.5 Å². The highest BCUT2D eigenvalue weighted by molar-refractivity contribution is 5.79. The lowest BCUT2D eigenvalue weighted by molar-refractivity contribution is 0.161. The van der Waals surface area contributed by atoms with Gasteiger partial charge in [0.25, 0.3) is 0 Å². The minimum atomic E-state index is 0.693. The molecular weight excluding hydrogens is 304 g/mol. The topological polar surface area (TPSA) is 58.1 Å². The van der Waals surface area contributed by atoms with Crippen molar-refractivity contribution in [2.24, 2.45) is 4.99 Å². The Hall–Kier alpha value is -1.79. The summed E-state index contributed by atoms with van der Waals surface area (Å²) in [5.74, 6) is 1.76. The number of nitrogens with zero attached hydrogens (tertiary/aromatic N) is 2. The van der Waals surface area contributed by atoms with Gasteiger partial charge in [-0.1, -0.05) is 18.2 Å². The molecule has 0 atom stereocenters. The highest BCUT2D eigenvalue weighted by Gasteiger charge is 2.00. The lowest BCUT2D eigenvalue weighted by Gasteiger charge is -2.17. The van der Waals surface area contributed by atoms with Crippen LogP contribution in [-0.4, -0.2) is 71.5 Å². The minimum Gasteiger partial charge on any atom is -0.494 e. The van der Waals surface area contributed by atoms with Crippen LogP contribution in [0.15, 0.2) is 35.3 Å². The van der Waals surface area contributed by atoms with Crippen LogP contribution in [-0.2, 0) is 4.74 Å². The van der Waals surface area contributed by atoms with Crippen LogP contribution in [0.2, 0.25) is 0 Å². The molecular formula is C18H32N4O2. The number of para-hydroxylation sites is 1. The van der Waals surface area contributed by atoms with E-state index in [1.54, 1.807) is 14.2 Å². The van der Waals surface area contributed by atoms with Gasteiger partial charge in [-0.15, -0.1) is 0 Å². The van der Waals surface area contributed by atoms with Crippen LogP contribution in [0.5, 0.6) is 5.75 Å². The first kappa shape index (κ1) is 20.3. The Morgan fingerprint density at radius 2 is 1.75 bits per heavy atom. The van der Waals surface area contributed by atoms with E-state index in [1.165, 1.54) is 0 Å². The van der Waals surface area contributed by atoms with E-state index in [0.29, 0.717) is 6.61 Å². The molecule has 24 heavy (non-hydrogen) atoms. The lowest BCUT2D eigenvalue weighted by atomic mass is 10.3. The van der Waals surface area contributed by atoms with Crippen molar-refractivity contribution in [3.05, 3.63) is 30.3 Å². The predicted molar refractivity (Wildman–Crippen MR) is 99.9 cm³/mol. The van der Waals surface area contributed by atoms with Gasteiger partial charge in [-0.25, -0.2) is 0 Å². The second kappa shape index (κ2) is 13.6. The highest BCUT2D eigenvalue weighted by Crippen LogP contribution is 2.07. The van der Waals surface area contributed by atoms with Crippen molar-refractivity contribution in [2.75, 3.05) is 60.6 Å². The van der Waals surface area contributed by atoms with Gasteiger partial charge in [-0.2, -0.15) is 0 Å². The zero-order valence-corrected chi connectivity index (χ0v) is 15.3. The first-order chi connectivity index (χ1) is 11.8. The molecule has 0 fully saturated rings. The summed E-state index contributed by atoms with van der Waals surface area (Å²) in [5, 5.41) is 6.63. The summed E-state index contributed by atoms with van der Waals surface area (Å²) in [4.78, 5) is 6.50. The Labute approximate surface area is 146 Å². The molecule has 0 heterocycles. The van der Waals surface area contributed by atoms with Gasteiger partial charge in [0.15, 0.2) is 5.96 Å². The SMILES string of the molecule is CN=C(NCCCOc1ccccc1)NCCCN(C)CCOC. The first-order valence-electron chi connectivity index (χ1n) is 8.56. The van der Waals surface area contributed by atoms with Crippen LogP contribution in [0.1, 0.15) is 12.8 Å². The number of nitrogens with one attached hydrogen (secondary N) is 2. The molecule has 6 heteroatoms. The van der Waals surface area contributed by atoms with Crippen LogP contribution < -0.4 is 15.4 Å². The van der Waals surface area contributed by atoms with Crippen molar-refractivity contribution in [1.29, 1.82) is 0 Å². The maximum absolute atomic E-state index is 5.66. The maximum atomic E-state index is 5.66. The van der Waals surface area contributed by atoms with Crippen molar-refractivity contribution >= 4 is 5.96 Å². The van der Waals surface area contributed by atoms with Crippen molar-refractivity contribution in [3.8, 4) is 5.75 Å². The van der Waals surface area contributed by atoms with Gasteiger partial charge >= 0.3 is 0 Å². The van der Waals surface area contributed by atoms with Gasteiger partial charge in [0.2, 0.25) is 0 Å². The third-order valence-corrected chi connectivity index (χ3v) is 3.54. The van der Waals surface area contributed by atoms with Gasteiger partial charge in [0.05, 0.1) is 13.2 Å². The van der Waals surface area contributed by atoms with E-state index in [2.05, 4.69) is 27.6 Å². The molecule has 0 aliphatic heterocycles. The first-order valence-corrected chi connectivity index (χ1v) is 8.56. The van der Waals surface area contributed by atoms with Gasteiger partial charge in [-0.05, 0) is 38.6 Å². The Bertz CT molecular complexity index is 440. The fourth-order valence-corrected chi connectivity index (χ4v) is 2.12. The minimum absolute atomic E-state index is 0.693. The number of rotatable bonds is 12. The monoisotopic (exact) mass is 336 g/mol. The number of methoxy groups -OCH3 is 1. The van der Waals surface area contributed by atoms with Crippen molar-refractivity contribution < 1.29 is 9.47 Å². The molecule has 0 saturated carbocycles. The quantitative estimate of drug-likeness (QED) is 0.345. The summed E-state index contributed by atoms with van der Waals surface area (Å²) in [5.41, 5.74) is 0. The summed E-state index contributed by atoms with van der Waals surface area (Å²) in [6.45, 7) is 5.21. The Balaban J connectivity index is 2.02. The van der Waals surface area contributed by atoms with Crippen LogP contribution in [0.3, 0.4) is 0 Å². The number of ether oxygens (including phenoxy) is 2. The molecule has 2 N–H and O–H groups in total. The smallest absolute Gasteiger partial charge is 0.190 e. The molecule has 0 aliphatic rings. The molecule has 6 nitrogen and oxygen atoms in total. The van der Waals surface area contributed by atoms with Gasteiger partial charge in [0.1, 0.15) is 5.75 Å². The van der Waals surface area contributed by atoms with Crippen molar-refractivity contribution in [3.63, 3.8) is 0 Å². The van der Waals surface area contributed by atoms with E-state index < -0.39 is 0 Å². The number of hydrogen-bond acceptors (Lipinski definition) is 4. The van der Waals surface area contributed by atoms with E-state index in [4.69, 9.17) is 9.47 Å². The normalized spacial score (nSPS) is 11.6. The predicted octanol–water partition coefficient (Wildman–Crippen LogP) is 1.59. The number of hydrogen-bond donors (Lipinski definition) is 2. The van der Waals surface area contributed by atoms with Crippen LogP contribution >= 0.6 is 0 Å². The lowest BCUT2D eigenvalue weighted by Crippen LogP contribution is -2.39. The second-order valence-corrected chi connectivity index (χ2v) is 5.59. The average Bonchev–Trinajstić information content (AvgIpc) is 2.62. The Morgan fingerprint density at radius 1 is 1.04 bits per heavy atom. The second-order valence-electron chi connectivity index (χ2n) is 5.59. The van der Waals surface area contributed by atoms with Crippen LogP contribution in [0.4, 0.5) is 0 Å². The Morgan fingerprint density at radius 3 is 2.42 bits per heavy atom. The van der Waals surface area contributed by atoms with Gasteiger partial charge in [0, 0.05) is 33.8 Å². The molecule has 0 spiro atoms. The molecule has 0 amide bonds. The van der Waals surface area contributed by atoms with E-state index in [9.17, 15) is 0 Å². The third kappa shape index (κ3) is 10.1. The molecule has 1 rings (SSSR count).